The number of rotatable bonds is 5. The molecule has 1 aromatic rings. The number of ether oxygens (including phenoxy) is 1. The lowest BCUT2D eigenvalue weighted by Gasteiger charge is -2.06. The zero-order valence-corrected chi connectivity index (χ0v) is 8.83. The molecule has 0 aliphatic heterocycles. The van der Waals surface area contributed by atoms with Crippen LogP contribution in [0.15, 0.2) is 18.2 Å². The summed E-state index contributed by atoms with van der Waals surface area (Å²) in [6.07, 6.45) is 0.727. The highest BCUT2D eigenvalue weighted by atomic mass is 35.5. The minimum Gasteiger partial charge on any atom is -0.494 e. The monoisotopic (exact) mass is 229 g/mol. The molecule has 82 valence electrons. The number of halogens is 1. The van der Waals surface area contributed by atoms with Gasteiger partial charge in [0, 0.05) is 0 Å². The van der Waals surface area contributed by atoms with Crippen molar-refractivity contribution in [2.75, 3.05) is 13.2 Å². The third-order valence-electron chi connectivity index (χ3n) is 1.79. The van der Waals surface area contributed by atoms with Gasteiger partial charge in [-0.2, -0.15) is 0 Å². The second-order valence-corrected chi connectivity index (χ2v) is 3.34. The predicted molar refractivity (Wildman–Crippen MR) is 57.6 cm³/mol. The van der Waals surface area contributed by atoms with Gasteiger partial charge in [-0.15, -0.1) is 0 Å². The molecule has 0 saturated carbocycles. The van der Waals surface area contributed by atoms with E-state index >= 15 is 0 Å². The second kappa shape index (κ2) is 5.58. The predicted octanol–water partition coefficient (Wildman–Crippen LogP) is 1.77. The van der Waals surface area contributed by atoms with Crippen LogP contribution in [0.5, 0.6) is 5.75 Å². The molecule has 1 aromatic carbocycles. The third kappa shape index (κ3) is 3.42. The number of hydrogen-bond donors (Lipinski definition) is 2. The van der Waals surface area contributed by atoms with Crippen molar-refractivity contribution in [1.82, 2.24) is 0 Å². The summed E-state index contributed by atoms with van der Waals surface area (Å²) in [5.41, 5.74) is 5.34. The zero-order chi connectivity index (χ0) is 11.3. The molecule has 0 heterocycles. The summed E-state index contributed by atoms with van der Waals surface area (Å²) in [6.45, 7) is 1.01. The van der Waals surface area contributed by atoms with Crippen LogP contribution in [-0.2, 0) is 0 Å². The zero-order valence-electron chi connectivity index (χ0n) is 8.07. The maximum atomic E-state index is 10.7. The van der Waals surface area contributed by atoms with Gasteiger partial charge >= 0.3 is 5.97 Å². The summed E-state index contributed by atoms with van der Waals surface area (Å²) in [5.74, 6) is -0.575. The van der Waals surface area contributed by atoms with Crippen LogP contribution >= 0.6 is 11.6 Å². The topological polar surface area (TPSA) is 72.5 Å². The number of carboxylic acids is 1. The first kappa shape index (κ1) is 11.8. The Labute approximate surface area is 92.6 Å². The van der Waals surface area contributed by atoms with E-state index in [-0.39, 0.29) is 10.6 Å². The fraction of sp³-hybridized carbons (Fsp3) is 0.300. The number of aromatic carboxylic acids is 1. The Hall–Kier alpha value is -1.26. The molecule has 3 N–H and O–H groups in total. The number of hydrogen-bond acceptors (Lipinski definition) is 3. The van der Waals surface area contributed by atoms with Crippen molar-refractivity contribution in [3.63, 3.8) is 0 Å². The van der Waals surface area contributed by atoms with Gasteiger partial charge in [-0.3, -0.25) is 0 Å². The average Bonchev–Trinajstić information content (AvgIpc) is 2.20. The molecule has 0 saturated heterocycles. The quantitative estimate of drug-likeness (QED) is 0.755. The Bertz CT molecular complexity index is 355. The average molecular weight is 230 g/mol. The van der Waals surface area contributed by atoms with Crippen molar-refractivity contribution in [3.05, 3.63) is 28.8 Å². The smallest absolute Gasteiger partial charge is 0.337 e. The van der Waals surface area contributed by atoms with Crippen LogP contribution in [0.3, 0.4) is 0 Å². The van der Waals surface area contributed by atoms with Crippen molar-refractivity contribution in [2.45, 2.75) is 6.42 Å². The van der Waals surface area contributed by atoms with Crippen molar-refractivity contribution in [1.29, 1.82) is 0 Å². The highest BCUT2D eigenvalue weighted by Crippen LogP contribution is 2.22. The molecule has 0 amide bonds. The van der Waals surface area contributed by atoms with Crippen LogP contribution in [0, 0.1) is 0 Å². The van der Waals surface area contributed by atoms with Gasteiger partial charge in [0.2, 0.25) is 0 Å². The molecule has 5 heteroatoms. The van der Waals surface area contributed by atoms with Gasteiger partial charge in [0.1, 0.15) is 5.75 Å². The van der Waals surface area contributed by atoms with Crippen LogP contribution < -0.4 is 10.5 Å². The first-order chi connectivity index (χ1) is 7.15. The van der Waals surface area contributed by atoms with Crippen LogP contribution in [0.1, 0.15) is 16.8 Å². The Balaban J connectivity index is 2.74. The van der Waals surface area contributed by atoms with E-state index in [9.17, 15) is 4.79 Å². The van der Waals surface area contributed by atoms with Gasteiger partial charge in [0.05, 0.1) is 17.2 Å². The molecule has 0 spiro atoms. The highest BCUT2D eigenvalue weighted by Gasteiger charge is 2.09. The molecule has 0 atom stereocenters. The number of carbonyl (C=O) groups is 1. The first-order valence-electron chi connectivity index (χ1n) is 4.51. The van der Waals surface area contributed by atoms with Crippen molar-refractivity contribution in [3.8, 4) is 5.75 Å². The van der Waals surface area contributed by atoms with E-state index in [1.165, 1.54) is 12.1 Å². The van der Waals surface area contributed by atoms with E-state index in [0.717, 1.165) is 6.42 Å². The standard InChI is InChI=1S/C10H12ClNO3/c11-9-3-2-7(15-5-1-4-12)6-8(9)10(13)14/h2-3,6H,1,4-5,12H2,(H,13,14). The van der Waals surface area contributed by atoms with Gasteiger partial charge in [0.25, 0.3) is 0 Å². The van der Waals surface area contributed by atoms with E-state index in [4.69, 9.17) is 27.2 Å². The fourth-order valence-corrected chi connectivity index (χ4v) is 1.23. The molecule has 0 radical (unpaired) electrons. The Morgan fingerprint density at radius 3 is 2.87 bits per heavy atom. The van der Waals surface area contributed by atoms with Crippen LogP contribution in [0.2, 0.25) is 5.02 Å². The van der Waals surface area contributed by atoms with E-state index in [1.54, 1.807) is 6.07 Å². The number of nitrogens with two attached hydrogens (primary N) is 1. The van der Waals surface area contributed by atoms with E-state index < -0.39 is 5.97 Å². The summed E-state index contributed by atoms with van der Waals surface area (Å²) in [6, 6.07) is 4.54. The molecule has 0 bridgehead atoms. The molecule has 0 unspecified atom stereocenters. The summed E-state index contributed by atoms with van der Waals surface area (Å²) in [7, 11) is 0. The molecule has 0 aliphatic carbocycles. The molecule has 0 aliphatic rings. The molecule has 4 nitrogen and oxygen atoms in total. The van der Waals surface area contributed by atoms with Crippen molar-refractivity contribution in [2.24, 2.45) is 5.73 Å². The van der Waals surface area contributed by atoms with Gasteiger partial charge in [0.15, 0.2) is 0 Å². The summed E-state index contributed by atoms with van der Waals surface area (Å²) in [5, 5.41) is 9.00. The minimum absolute atomic E-state index is 0.0434. The summed E-state index contributed by atoms with van der Waals surface area (Å²) in [4.78, 5) is 10.7. The fourth-order valence-electron chi connectivity index (χ4n) is 1.03. The maximum absolute atomic E-state index is 10.7. The molecular weight excluding hydrogens is 218 g/mol. The van der Waals surface area contributed by atoms with Gasteiger partial charge < -0.3 is 15.6 Å². The highest BCUT2D eigenvalue weighted by molar-refractivity contribution is 6.33. The number of benzene rings is 1. The van der Waals surface area contributed by atoms with Crippen molar-refractivity contribution < 1.29 is 14.6 Å². The Morgan fingerprint density at radius 1 is 1.53 bits per heavy atom. The molecule has 15 heavy (non-hydrogen) atoms. The molecular formula is C10H12ClNO3. The third-order valence-corrected chi connectivity index (χ3v) is 2.12. The van der Waals surface area contributed by atoms with Gasteiger partial charge in [-0.1, -0.05) is 11.6 Å². The van der Waals surface area contributed by atoms with E-state index in [1.807, 2.05) is 0 Å². The van der Waals surface area contributed by atoms with Gasteiger partial charge in [-0.05, 0) is 31.2 Å². The number of carboxylic acid groups (broad SMARTS) is 1. The van der Waals surface area contributed by atoms with Crippen LogP contribution in [0.4, 0.5) is 0 Å². The van der Waals surface area contributed by atoms with E-state index in [0.29, 0.717) is 18.9 Å². The lowest BCUT2D eigenvalue weighted by molar-refractivity contribution is 0.0696. The summed E-state index contributed by atoms with van der Waals surface area (Å²) >= 11 is 5.70. The summed E-state index contributed by atoms with van der Waals surface area (Å²) < 4.78 is 5.29. The van der Waals surface area contributed by atoms with Crippen LogP contribution in [0.25, 0.3) is 0 Å². The second-order valence-electron chi connectivity index (χ2n) is 2.94. The Morgan fingerprint density at radius 2 is 2.27 bits per heavy atom. The molecule has 0 fully saturated rings. The SMILES string of the molecule is NCCCOc1ccc(Cl)c(C(=O)O)c1. The first-order valence-corrected chi connectivity index (χ1v) is 4.88. The molecule has 0 aromatic heterocycles. The Kier molecular flexibility index (Phi) is 4.39. The normalized spacial score (nSPS) is 10.0. The van der Waals surface area contributed by atoms with Crippen molar-refractivity contribution >= 4 is 17.6 Å². The molecule has 1 rings (SSSR count). The largest absolute Gasteiger partial charge is 0.494 e. The van der Waals surface area contributed by atoms with E-state index in [2.05, 4.69) is 0 Å². The maximum Gasteiger partial charge on any atom is 0.337 e. The van der Waals surface area contributed by atoms with Crippen LogP contribution in [-0.4, -0.2) is 24.2 Å². The minimum atomic E-state index is -1.07. The lowest BCUT2D eigenvalue weighted by atomic mass is 10.2. The lowest BCUT2D eigenvalue weighted by Crippen LogP contribution is -2.06. The van der Waals surface area contributed by atoms with Gasteiger partial charge in [-0.25, -0.2) is 4.79 Å².